The summed E-state index contributed by atoms with van der Waals surface area (Å²) in [5.74, 6) is -2.66. The maximum atomic E-state index is 10.8. The minimum atomic E-state index is -0.833. The number of hydrogen-bond donors (Lipinski definition) is 0. The van der Waals surface area contributed by atoms with Gasteiger partial charge in [-0.05, 0) is 0 Å². The molecule has 9 heteroatoms. The maximum absolute atomic E-state index is 10.8. The summed E-state index contributed by atoms with van der Waals surface area (Å²) in [7, 11) is 0. The van der Waals surface area contributed by atoms with Gasteiger partial charge in [-0.3, -0.25) is 19.7 Å². The maximum Gasteiger partial charge on any atom is 0.337 e. The molecule has 0 bridgehead atoms. The van der Waals surface area contributed by atoms with E-state index in [4.69, 9.17) is 0 Å². The molecule has 0 aliphatic heterocycles. The lowest BCUT2D eigenvalue weighted by molar-refractivity contribution is -0.386. The topological polar surface area (TPSA) is 122 Å². The van der Waals surface area contributed by atoms with Crippen molar-refractivity contribution in [3.05, 3.63) is 16.3 Å². The molecule has 0 aliphatic carbocycles. The zero-order valence-corrected chi connectivity index (χ0v) is 8.87. The highest BCUT2D eigenvalue weighted by Gasteiger charge is 2.25. The van der Waals surface area contributed by atoms with E-state index in [1.807, 2.05) is 0 Å². The SMILES string of the molecule is CC(=O)Oc1nncc([N+](=O)[O-])c1OC(C)=O. The van der Waals surface area contributed by atoms with Crippen molar-refractivity contribution in [1.82, 2.24) is 10.2 Å². The van der Waals surface area contributed by atoms with Crippen molar-refractivity contribution in [2.24, 2.45) is 0 Å². The van der Waals surface area contributed by atoms with Gasteiger partial charge < -0.3 is 9.47 Å². The van der Waals surface area contributed by atoms with Gasteiger partial charge in [-0.2, -0.15) is 0 Å². The molecule has 17 heavy (non-hydrogen) atoms. The number of nitrogens with zero attached hydrogens (tertiary/aromatic N) is 3. The summed E-state index contributed by atoms with van der Waals surface area (Å²) in [4.78, 5) is 31.3. The Morgan fingerprint density at radius 3 is 2.35 bits per heavy atom. The van der Waals surface area contributed by atoms with Crippen LogP contribution in [0.1, 0.15) is 13.8 Å². The molecule has 0 saturated carbocycles. The number of nitro groups is 1. The average Bonchev–Trinajstić information content (AvgIpc) is 2.18. The first-order chi connectivity index (χ1) is 7.91. The predicted molar refractivity (Wildman–Crippen MR) is 51.3 cm³/mol. The summed E-state index contributed by atoms with van der Waals surface area (Å²) >= 11 is 0. The number of hydrogen-bond acceptors (Lipinski definition) is 8. The fraction of sp³-hybridized carbons (Fsp3) is 0.250. The minimum absolute atomic E-state index is 0.526. The van der Waals surface area contributed by atoms with Gasteiger partial charge in [0.25, 0.3) is 11.6 Å². The molecule has 0 atom stereocenters. The largest absolute Gasteiger partial charge is 0.413 e. The molecular weight excluding hydrogens is 234 g/mol. The summed E-state index contributed by atoms with van der Waals surface area (Å²) < 4.78 is 9.12. The Morgan fingerprint density at radius 1 is 1.29 bits per heavy atom. The number of carbonyl (C=O) groups excluding carboxylic acids is 2. The van der Waals surface area contributed by atoms with E-state index in [9.17, 15) is 19.7 Å². The van der Waals surface area contributed by atoms with Crippen LogP contribution in [0, 0.1) is 10.1 Å². The third-order valence-electron chi connectivity index (χ3n) is 1.44. The van der Waals surface area contributed by atoms with Crippen molar-refractivity contribution < 1.29 is 24.0 Å². The van der Waals surface area contributed by atoms with Gasteiger partial charge in [0.2, 0.25) is 0 Å². The molecule has 0 aliphatic rings. The number of aromatic nitrogens is 2. The molecule has 0 amide bonds. The zero-order chi connectivity index (χ0) is 13.0. The van der Waals surface area contributed by atoms with Crippen LogP contribution in [0.15, 0.2) is 6.20 Å². The van der Waals surface area contributed by atoms with E-state index >= 15 is 0 Å². The van der Waals surface area contributed by atoms with Gasteiger partial charge in [0, 0.05) is 13.8 Å². The van der Waals surface area contributed by atoms with E-state index in [2.05, 4.69) is 19.7 Å². The minimum Gasteiger partial charge on any atom is -0.413 e. The van der Waals surface area contributed by atoms with E-state index in [1.54, 1.807) is 0 Å². The lowest BCUT2D eigenvalue weighted by atomic mass is 10.4. The Balaban J connectivity index is 3.28. The van der Waals surface area contributed by atoms with Gasteiger partial charge in [-0.15, -0.1) is 10.2 Å². The highest BCUT2D eigenvalue weighted by atomic mass is 16.6. The van der Waals surface area contributed by atoms with E-state index in [-0.39, 0.29) is 0 Å². The molecule has 90 valence electrons. The van der Waals surface area contributed by atoms with Crippen molar-refractivity contribution in [3.63, 3.8) is 0 Å². The fourth-order valence-electron chi connectivity index (χ4n) is 0.922. The smallest absolute Gasteiger partial charge is 0.337 e. The van der Waals surface area contributed by atoms with E-state index < -0.39 is 34.2 Å². The number of carbonyl (C=O) groups is 2. The molecule has 1 heterocycles. The third kappa shape index (κ3) is 3.19. The zero-order valence-electron chi connectivity index (χ0n) is 8.87. The van der Waals surface area contributed by atoms with Crippen LogP contribution in [-0.2, 0) is 9.59 Å². The lowest BCUT2D eigenvalue weighted by Crippen LogP contribution is -2.11. The second kappa shape index (κ2) is 4.96. The standard InChI is InChI=1S/C8H7N3O6/c1-4(12)16-7-6(11(14)15)3-9-10-8(7)17-5(2)13/h3H,1-2H3. The third-order valence-corrected chi connectivity index (χ3v) is 1.44. The average molecular weight is 241 g/mol. The van der Waals surface area contributed by atoms with Gasteiger partial charge in [-0.1, -0.05) is 0 Å². The molecule has 0 saturated heterocycles. The lowest BCUT2D eigenvalue weighted by Gasteiger charge is -2.05. The molecule has 9 nitrogen and oxygen atoms in total. The quantitative estimate of drug-likeness (QED) is 0.418. The van der Waals surface area contributed by atoms with Crippen molar-refractivity contribution >= 4 is 17.6 Å². The highest BCUT2D eigenvalue weighted by molar-refractivity contribution is 5.74. The van der Waals surface area contributed by atoms with Crippen LogP contribution >= 0.6 is 0 Å². The summed E-state index contributed by atoms with van der Waals surface area (Å²) in [6.45, 7) is 2.11. The summed E-state index contributed by atoms with van der Waals surface area (Å²) in [5, 5.41) is 17.3. The van der Waals surface area contributed by atoms with Gasteiger partial charge in [-0.25, -0.2) is 0 Å². The van der Waals surface area contributed by atoms with Gasteiger partial charge in [0.1, 0.15) is 6.20 Å². The fourth-order valence-corrected chi connectivity index (χ4v) is 0.922. The Labute approximate surface area is 94.5 Å². The van der Waals surface area contributed by atoms with Crippen molar-refractivity contribution in [2.75, 3.05) is 0 Å². The molecule has 0 aromatic carbocycles. The second-order valence-electron chi connectivity index (χ2n) is 2.81. The number of rotatable bonds is 3. The van der Waals surface area contributed by atoms with Crippen LogP contribution in [0.3, 0.4) is 0 Å². The molecule has 0 spiro atoms. The Hall–Kier alpha value is -2.58. The van der Waals surface area contributed by atoms with Crippen molar-refractivity contribution in [1.29, 1.82) is 0 Å². The van der Waals surface area contributed by atoms with E-state index in [0.29, 0.717) is 0 Å². The van der Waals surface area contributed by atoms with Crippen LogP contribution < -0.4 is 9.47 Å². The first-order valence-corrected chi connectivity index (χ1v) is 4.28. The Bertz CT molecular complexity index is 486. The van der Waals surface area contributed by atoms with Crippen molar-refractivity contribution in [3.8, 4) is 11.6 Å². The van der Waals surface area contributed by atoms with Crippen LogP contribution in [-0.4, -0.2) is 27.1 Å². The predicted octanol–water partition coefficient (Wildman–Crippen LogP) is 0.235. The Morgan fingerprint density at radius 2 is 1.88 bits per heavy atom. The van der Waals surface area contributed by atoms with E-state index in [0.717, 1.165) is 20.0 Å². The van der Waals surface area contributed by atoms with Crippen molar-refractivity contribution in [2.45, 2.75) is 13.8 Å². The van der Waals surface area contributed by atoms with E-state index in [1.165, 1.54) is 0 Å². The molecule has 1 aromatic rings. The summed E-state index contributed by atoms with van der Waals surface area (Å²) in [6, 6.07) is 0. The van der Waals surface area contributed by atoms with Crippen LogP contribution in [0.5, 0.6) is 11.6 Å². The Kier molecular flexibility index (Phi) is 3.65. The van der Waals surface area contributed by atoms with Gasteiger partial charge in [0.15, 0.2) is 0 Å². The summed E-state index contributed by atoms with van der Waals surface area (Å²) in [6.07, 6.45) is 0.783. The second-order valence-corrected chi connectivity index (χ2v) is 2.81. The van der Waals surface area contributed by atoms with Crippen LogP contribution in [0.2, 0.25) is 0 Å². The molecule has 0 unspecified atom stereocenters. The van der Waals surface area contributed by atoms with Crippen LogP contribution in [0.4, 0.5) is 5.69 Å². The first kappa shape index (κ1) is 12.5. The van der Waals surface area contributed by atoms with Gasteiger partial charge in [0.05, 0.1) is 4.92 Å². The normalized spacial score (nSPS) is 9.53. The van der Waals surface area contributed by atoms with Crippen LogP contribution in [0.25, 0.3) is 0 Å². The summed E-state index contributed by atoms with van der Waals surface area (Å²) in [5.41, 5.74) is -0.619. The number of ether oxygens (including phenoxy) is 2. The molecule has 0 radical (unpaired) electrons. The molecule has 1 aromatic heterocycles. The molecule has 0 N–H and O–H groups in total. The molecule has 0 fully saturated rings. The molecule has 1 rings (SSSR count). The number of esters is 2. The van der Waals surface area contributed by atoms with Gasteiger partial charge >= 0.3 is 17.6 Å². The monoisotopic (exact) mass is 241 g/mol. The highest BCUT2D eigenvalue weighted by Crippen LogP contribution is 2.33. The molecular formula is C8H7N3O6. The first-order valence-electron chi connectivity index (χ1n) is 4.28.